The van der Waals surface area contributed by atoms with Gasteiger partial charge in [0.1, 0.15) is 17.3 Å². The van der Waals surface area contributed by atoms with Gasteiger partial charge in [0, 0.05) is 44.0 Å². The van der Waals surface area contributed by atoms with Crippen molar-refractivity contribution in [1.82, 2.24) is 15.6 Å². The standard InChI is InChI=1S/C23H33N5O2/c1-4-24-23(25-13-10-18-8-9-20(30-3)16-21(18)29)27-19-11-14-28(15-12-19)22-7-5-6-17(2)26-22/h5-9,16,19,29H,4,10-15H2,1-3H3,(H2,24,25,27). The Bertz CT molecular complexity index is 847. The number of benzene rings is 1. The fourth-order valence-corrected chi connectivity index (χ4v) is 3.64. The van der Waals surface area contributed by atoms with E-state index in [1.54, 1.807) is 13.2 Å². The van der Waals surface area contributed by atoms with Crippen molar-refractivity contribution in [2.24, 2.45) is 4.99 Å². The minimum absolute atomic E-state index is 0.250. The first-order chi connectivity index (χ1) is 14.6. The fraction of sp³-hybridized carbons (Fsp3) is 0.478. The van der Waals surface area contributed by atoms with Crippen molar-refractivity contribution in [3.63, 3.8) is 0 Å². The lowest BCUT2D eigenvalue weighted by atomic mass is 10.1. The molecule has 2 heterocycles. The molecule has 1 fully saturated rings. The number of phenols is 1. The molecule has 0 radical (unpaired) electrons. The SMILES string of the molecule is CCNC(=NCCc1ccc(OC)cc1O)NC1CCN(c2cccc(C)n2)CC1. The largest absolute Gasteiger partial charge is 0.508 e. The monoisotopic (exact) mass is 411 g/mol. The van der Waals surface area contributed by atoms with E-state index in [1.165, 1.54) is 0 Å². The summed E-state index contributed by atoms with van der Waals surface area (Å²) in [6.07, 6.45) is 2.75. The highest BCUT2D eigenvalue weighted by Crippen LogP contribution is 2.23. The van der Waals surface area contributed by atoms with Gasteiger partial charge in [-0.1, -0.05) is 12.1 Å². The Hall–Kier alpha value is -2.96. The zero-order chi connectivity index (χ0) is 21.3. The topological polar surface area (TPSA) is 82.0 Å². The summed E-state index contributed by atoms with van der Waals surface area (Å²) >= 11 is 0. The van der Waals surface area contributed by atoms with Gasteiger partial charge in [-0.15, -0.1) is 0 Å². The van der Waals surface area contributed by atoms with E-state index < -0.39 is 0 Å². The molecule has 0 atom stereocenters. The molecule has 30 heavy (non-hydrogen) atoms. The number of rotatable bonds is 7. The van der Waals surface area contributed by atoms with Gasteiger partial charge in [-0.2, -0.15) is 0 Å². The van der Waals surface area contributed by atoms with Crippen LogP contribution in [0, 0.1) is 6.92 Å². The van der Waals surface area contributed by atoms with E-state index in [0.717, 1.165) is 55.5 Å². The third-order valence-electron chi connectivity index (χ3n) is 5.32. The number of nitrogens with one attached hydrogen (secondary N) is 2. The number of hydrogen-bond donors (Lipinski definition) is 3. The summed E-state index contributed by atoms with van der Waals surface area (Å²) in [5.41, 5.74) is 1.92. The Morgan fingerprint density at radius 1 is 1.27 bits per heavy atom. The van der Waals surface area contributed by atoms with E-state index >= 15 is 0 Å². The van der Waals surface area contributed by atoms with Crippen LogP contribution >= 0.6 is 0 Å². The van der Waals surface area contributed by atoms with Gasteiger partial charge in [0.15, 0.2) is 5.96 Å². The highest BCUT2D eigenvalue weighted by atomic mass is 16.5. The van der Waals surface area contributed by atoms with Crippen LogP contribution in [0.25, 0.3) is 0 Å². The Kier molecular flexibility index (Phi) is 7.76. The molecule has 7 nitrogen and oxygen atoms in total. The average Bonchev–Trinajstić information content (AvgIpc) is 2.75. The number of hydrogen-bond acceptors (Lipinski definition) is 5. The molecule has 1 saturated heterocycles. The van der Waals surface area contributed by atoms with Crippen LogP contribution in [0.5, 0.6) is 11.5 Å². The molecule has 162 valence electrons. The number of aliphatic imine (C=N–C) groups is 1. The number of ether oxygens (including phenoxy) is 1. The van der Waals surface area contributed by atoms with Crippen molar-refractivity contribution in [1.29, 1.82) is 0 Å². The van der Waals surface area contributed by atoms with E-state index in [0.29, 0.717) is 24.8 Å². The molecule has 1 aromatic heterocycles. The Balaban J connectivity index is 1.51. The number of aromatic hydroxyl groups is 1. The number of piperidine rings is 1. The maximum absolute atomic E-state index is 10.1. The predicted molar refractivity (Wildman–Crippen MR) is 122 cm³/mol. The van der Waals surface area contributed by atoms with Crippen molar-refractivity contribution in [3.05, 3.63) is 47.7 Å². The van der Waals surface area contributed by atoms with Crippen molar-refractivity contribution < 1.29 is 9.84 Å². The first-order valence-corrected chi connectivity index (χ1v) is 10.7. The van der Waals surface area contributed by atoms with E-state index in [-0.39, 0.29) is 5.75 Å². The minimum atomic E-state index is 0.250. The summed E-state index contributed by atoms with van der Waals surface area (Å²) in [6.45, 7) is 7.47. The van der Waals surface area contributed by atoms with Gasteiger partial charge in [-0.05, 0) is 56.9 Å². The molecule has 3 rings (SSSR count). The summed E-state index contributed by atoms with van der Waals surface area (Å²) in [5.74, 6) is 2.80. The van der Waals surface area contributed by atoms with Gasteiger partial charge in [0.05, 0.1) is 7.11 Å². The van der Waals surface area contributed by atoms with E-state index in [1.807, 2.05) is 25.1 Å². The number of pyridine rings is 1. The molecule has 0 bridgehead atoms. The highest BCUT2D eigenvalue weighted by Gasteiger charge is 2.21. The predicted octanol–water partition coefficient (Wildman–Crippen LogP) is 2.87. The zero-order valence-electron chi connectivity index (χ0n) is 18.2. The Labute approximate surface area is 179 Å². The molecule has 1 aliphatic rings. The van der Waals surface area contributed by atoms with E-state index in [9.17, 15) is 5.11 Å². The van der Waals surface area contributed by atoms with Crippen LogP contribution in [-0.2, 0) is 6.42 Å². The van der Waals surface area contributed by atoms with Crippen molar-refractivity contribution in [2.45, 2.75) is 39.2 Å². The lowest BCUT2D eigenvalue weighted by Crippen LogP contribution is -2.49. The molecule has 0 spiro atoms. The number of aryl methyl sites for hydroxylation is 1. The van der Waals surface area contributed by atoms with Gasteiger partial charge in [-0.25, -0.2) is 4.98 Å². The van der Waals surface area contributed by atoms with Crippen molar-refractivity contribution >= 4 is 11.8 Å². The first-order valence-electron chi connectivity index (χ1n) is 10.7. The normalized spacial score (nSPS) is 15.2. The van der Waals surface area contributed by atoms with Crippen LogP contribution in [0.3, 0.4) is 0 Å². The molecule has 2 aromatic rings. The number of aromatic nitrogens is 1. The van der Waals surface area contributed by atoms with Crippen LogP contribution < -0.4 is 20.3 Å². The highest BCUT2D eigenvalue weighted by molar-refractivity contribution is 5.80. The number of methoxy groups -OCH3 is 1. The van der Waals surface area contributed by atoms with E-state index in [4.69, 9.17) is 9.73 Å². The van der Waals surface area contributed by atoms with Gasteiger partial charge < -0.3 is 25.4 Å². The molecule has 7 heteroatoms. The second-order valence-corrected chi connectivity index (χ2v) is 7.55. The number of guanidine groups is 1. The summed E-state index contributed by atoms with van der Waals surface area (Å²) in [4.78, 5) is 11.7. The third-order valence-corrected chi connectivity index (χ3v) is 5.32. The maximum atomic E-state index is 10.1. The summed E-state index contributed by atoms with van der Waals surface area (Å²) in [6, 6.07) is 12.0. The molecule has 0 saturated carbocycles. The lowest BCUT2D eigenvalue weighted by molar-refractivity contribution is 0.406. The van der Waals surface area contributed by atoms with Crippen LogP contribution in [0.1, 0.15) is 31.0 Å². The van der Waals surface area contributed by atoms with Gasteiger partial charge in [0.25, 0.3) is 0 Å². The Morgan fingerprint density at radius 3 is 2.73 bits per heavy atom. The molecule has 1 aliphatic heterocycles. The van der Waals surface area contributed by atoms with Crippen molar-refractivity contribution in [3.8, 4) is 11.5 Å². The molecule has 0 unspecified atom stereocenters. The third kappa shape index (κ3) is 6.02. The van der Waals surface area contributed by atoms with E-state index in [2.05, 4.69) is 39.6 Å². The molecular weight excluding hydrogens is 378 g/mol. The number of nitrogens with zero attached hydrogens (tertiary/aromatic N) is 3. The summed E-state index contributed by atoms with van der Waals surface area (Å²) < 4.78 is 5.14. The minimum Gasteiger partial charge on any atom is -0.508 e. The van der Waals surface area contributed by atoms with Gasteiger partial charge in [-0.3, -0.25) is 4.99 Å². The molecule has 1 aromatic carbocycles. The smallest absolute Gasteiger partial charge is 0.191 e. The van der Waals surface area contributed by atoms with Crippen LogP contribution in [0.2, 0.25) is 0 Å². The molecule has 3 N–H and O–H groups in total. The number of anilines is 1. The van der Waals surface area contributed by atoms with Crippen molar-refractivity contribution in [2.75, 3.05) is 38.2 Å². The fourth-order valence-electron chi connectivity index (χ4n) is 3.64. The van der Waals surface area contributed by atoms with Gasteiger partial charge in [0.2, 0.25) is 0 Å². The second-order valence-electron chi connectivity index (χ2n) is 7.55. The molecular formula is C23H33N5O2. The maximum Gasteiger partial charge on any atom is 0.191 e. The Morgan fingerprint density at radius 2 is 2.07 bits per heavy atom. The zero-order valence-corrected chi connectivity index (χ0v) is 18.2. The van der Waals surface area contributed by atoms with Crippen LogP contribution in [0.4, 0.5) is 5.82 Å². The summed E-state index contributed by atoms with van der Waals surface area (Å²) in [5, 5.41) is 17.0. The summed E-state index contributed by atoms with van der Waals surface area (Å²) in [7, 11) is 1.59. The first kappa shape index (κ1) is 21.7. The number of phenolic OH excluding ortho intramolecular Hbond substituents is 1. The van der Waals surface area contributed by atoms with Crippen LogP contribution in [0.15, 0.2) is 41.4 Å². The molecule has 0 amide bonds. The van der Waals surface area contributed by atoms with Gasteiger partial charge >= 0.3 is 0 Å². The quantitative estimate of drug-likeness (QED) is 0.480. The average molecular weight is 412 g/mol. The molecule has 0 aliphatic carbocycles. The van der Waals surface area contributed by atoms with Crippen LogP contribution in [-0.4, -0.2) is 55.4 Å². The second kappa shape index (κ2) is 10.7. The lowest BCUT2D eigenvalue weighted by Gasteiger charge is -2.34.